The second-order valence-corrected chi connectivity index (χ2v) is 5.70. The summed E-state index contributed by atoms with van der Waals surface area (Å²) in [5.41, 5.74) is 2.55. The molecule has 0 bridgehead atoms. The first kappa shape index (κ1) is 15.8. The standard InChI is InChI=1S/C19H21BrO/c20-15-7-2-1-4-8-17-11-13-19(14-12-17)21-16-18-9-5-3-6-10-18/h1-3,5-6,9-14H,4,7-8,15-16H2. The van der Waals surface area contributed by atoms with Gasteiger partial charge in [-0.3, -0.25) is 0 Å². The predicted molar refractivity (Wildman–Crippen MR) is 93.1 cm³/mol. The zero-order valence-corrected chi connectivity index (χ0v) is 13.8. The van der Waals surface area contributed by atoms with Crippen LogP contribution in [0.15, 0.2) is 66.7 Å². The molecule has 1 nitrogen and oxygen atoms in total. The number of rotatable bonds is 8. The van der Waals surface area contributed by atoms with Gasteiger partial charge in [0.2, 0.25) is 0 Å². The summed E-state index contributed by atoms with van der Waals surface area (Å²) >= 11 is 3.42. The fraction of sp³-hybridized carbons (Fsp3) is 0.263. The van der Waals surface area contributed by atoms with Crippen LogP contribution in [0.4, 0.5) is 0 Å². The first-order valence-corrected chi connectivity index (χ1v) is 8.47. The average Bonchev–Trinajstić information content (AvgIpc) is 2.55. The van der Waals surface area contributed by atoms with Crippen molar-refractivity contribution in [2.24, 2.45) is 0 Å². The number of hydrogen-bond donors (Lipinski definition) is 0. The highest BCUT2D eigenvalue weighted by Gasteiger charge is 1.96. The topological polar surface area (TPSA) is 9.23 Å². The summed E-state index contributed by atoms with van der Waals surface area (Å²) in [4.78, 5) is 0. The third-order valence-electron chi connectivity index (χ3n) is 3.21. The zero-order chi connectivity index (χ0) is 14.8. The summed E-state index contributed by atoms with van der Waals surface area (Å²) in [6.07, 6.45) is 7.76. The van der Waals surface area contributed by atoms with Gasteiger partial charge >= 0.3 is 0 Å². The van der Waals surface area contributed by atoms with Gasteiger partial charge in [0, 0.05) is 5.33 Å². The van der Waals surface area contributed by atoms with Gasteiger partial charge < -0.3 is 4.74 Å². The monoisotopic (exact) mass is 344 g/mol. The quantitative estimate of drug-likeness (QED) is 0.451. The van der Waals surface area contributed by atoms with E-state index >= 15 is 0 Å². The van der Waals surface area contributed by atoms with Crippen LogP contribution in [0.2, 0.25) is 0 Å². The van der Waals surface area contributed by atoms with Gasteiger partial charge in [0.25, 0.3) is 0 Å². The van der Waals surface area contributed by atoms with E-state index in [1.54, 1.807) is 0 Å². The third-order valence-corrected chi connectivity index (χ3v) is 3.67. The van der Waals surface area contributed by atoms with E-state index in [0.29, 0.717) is 6.61 Å². The molecule has 0 saturated carbocycles. The highest BCUT2D eigenvalue weighted by Crippen LogP contribution is 2.15. The molecule has 0 aliphatic rings. The minimum Gasteiger partial charge on any atom is -0.489 e. The Morgan fingerprint density at radius 1 is 0.810 bits per heavy atom. The summed E-state index contributed by atoms with van der Waals surface area (Å²) in [6.45, 7) is 0.621. The van der Waals surface area contributed by atoms with Gasteiger partial charge in [0.05, 0.1) is 0 Å². The third kappa shape index (κ3) is 6.17. The van der Waals surface area contributed by atoms with E-state index in [1.807, 2.05) is 18.2 Å². The number of allylic oxidation sites excluding steroid dienone is 2. The average molecular weight is 345 g/mol. The fourth-order valence-corrected chi connectivity index (χ4v) is 2.31. The van der Waals surface area contributed by atoms with Crippen LogP contribution >= 0.6 is 15.9 Å². The van der Waals surface area contributed by atoms with Gasteiger partial charge in [-0.1, -0.05) is 70.5 Å². The van der Waals surface area contributed by atoms with E-state index < -0.39 is 0 Å². The maximum absolute atomic E-state index is 5.79. The number of benzene rings is 2. The molecular weight excluding hydrogens is 324 g/mol. The number of alkyl halides is 1. The highest BCUT2D eigenvalue weighted by molar-refractivity contribution is 9.09. The van der Waals surface area contributed by atoms with Gasteiger partial charge in [0.1, 0.15) is 12.4 Å². The summed E-state index contributed by atoms with van der Waals surface area (Å²) < 4.78 is 5.79. The molecule has 0 N–H and O–H groups in total. The van der Waals surface area contributed by atoms with Crippen LogP contribution in [0.25, 0.3) is 0 Å². The fourth-order valence-electron chi connectivity index (χ4n) is 2.04. The summed E-state index contributed by atoms with van der Waals surface area (Å²) in [5, 5.41) is 1.04. The second kappa shape index (κ2) is 9.41. The number of hydrogen-bond acceptors (Lipinski definition) is 1. The van der Waals surface area contributed by atoms with Crippen molar-refractivity contribution in [3.8, 4) is 5.75 Å². The molecule has 110 valence electrons. The molecule has 0 radical (unpaired) electrons. The maximum Gasteiger partial charge on any atom is 0.119 e. The van der Waals surface area contributed by atoms with Crippen molar-refractivity contribution in [2.75, 3.05) is 5.33 Å². The Labute approximate surface area is 135 Å². The van der Waals surface area contributed by atoms with E-state index in [4.69, 9.17) is 4.74 Å². The molecule has 2 aromatic rings. The molecule has 2 rings (SSSR count). The lowest BCUT2D eigenvalue weighted by Gasteiger charge is -2.07. The molecule has 0 atom stereocenters. The van der Waals surface area contributed by atoms with Crippen molar-refractivity contribution < 1.29 is 4.74 Å². The van der Waals surface area contributed by atoms with Crippen molar-refractivity contribution in [1.29, 1.82) is 0 Å². The second-order valence-electron chi connectivity index (χ2n) is 4.91. The lowest BCUT2D eigenvalue weighted by molar-refractivity contribution is 0.306. The highest BCUT2D eigenvalue weighted by atomic mass is 79.9. The lowest BCUT2D eigenvalue weighted by atomic mass is 10.1. The van der Waals surface area contributed by atoms with Gasteiger partial charge in [-0.25, -0.2) is 0 Å². The van der Waals surface area contributed by atoms with Gasteiger partial charge in [-0.15, -0.1) is 0 Å². The summed E-state index contributed by atoms with van der Waals surface area (Å²) in [6, 6.07) is 18.7. The number of halogens is 1. The Bertz CT molecular complexity index is 531. The molecule has 21 heavy (non-hydrogen) atoms. The first-order valence-electron chi connectivity index (χ1n) is 7.35. The Hall–Kier alpha value is -1.54. The molecule has 0 saturated heterocycles. The van der Waals surface area contributed by atoms with Crippen LogP contribution in [0.5, 0.6) is 5.75 Å². The maximum atomic E-state index is 5.79. The van der Waals surface area contributed by atoms with Crippen molar-refractivity contribution >= 4 is 15.9 Å². The SMILES string of the molecule is BrCCC=CCCc1ccc(OCc2ccccc2)cc1. The largest absolute Gasteiger partial charge is 0.489 e. The molecule has 0 aromatic heterocycles. The summed E-state index contributed by atoms with van der Waals surface area (Å²) in [5.74, 6) is 0.928. The van der Waals surface area contributed by atoms with E-state index in [1.165, 1.54) is 11.1 Å². The van der Waals surface area contributed by atoms with E-state index in [0.717, 1.165) is 30.3 Å². The van der Waals surface area contributed by atoms with Crippen LogP contribution in [0.1, 0.15) is 24.0 Å². The van der Waals surface area contributed by atoms with Crippen LogP contribution in [-0.4, -0.2) is 5.33 Å². The summed E-state index contributed by atoms with van der Waals surface area (Å²) in [7, 11) is 0. The Kier molecular flexibility index (Phi) is 7.10. The van der Waals surface area contributed by atoms with Gasteiger partial charge in [-0.05, 0) is 42.5 Å². The van der Waals surface area contributed by atoms with Gasteiger partial charge in [-0.2, -0.15) is 0 Å². The van der Waals surface area contributed by atoms with Crippen molar-refractivity contribution in [2.45, 2.75) is 25.9 Å². The Balaban J connectivity index is 1.76. The normalized spacial score (nSPS) is 10.9. The van der Waals surface area contributed by atoms with Crippen molar-refractivity contribution in [3.05, 3.63) is 77.9 Å². The molecule has 0 aliphatic carbocycles. The smallest absolute Gasteiger partial charge is 0.119 e. The van der Waals surface area contributed by atoms with E-state index in [2.05, 4.69) is 64.5 Å². The molecule has 0 fully saturated rings. The molecule has 2 heteroatoms. The Morgan fingerprint density at radius 3 is 2.24 bits per heavy atom. The van der Waals surface area contributed by atoms with Crippen LogP contribution in [-0.2, 0) is 13.0 Å². The molecule has 0 spiro atoms. The van der Waals surface area contributed by atoms with E-state index in [9.17, 15) is 0 Å². The predicted octanol–water partition coefficient (Wildman–Crippen LogP) is 5.54. The molecular formula is C19H21BrO. The molecule has 0 unspecified atom stereocenters. The minimum atomic E-state index is 0.621. The zero-order valence-electron chi connectivity index (χ0n) is 12.2. The lowest BCUT2D eigenvalue weighted by Crippen LogP contribution is -1.95. The molecule has 0 heterocycles. The van der Waals surface area contributed by atoms with Crippen LogP contribution in [0.3, 0.4) is 0 Å². The van der Waals surface area contributed by atoms with Crippen molar-refractivity contribution in [1.82, 2.24) is 0 Å². The minimum absolute atomic E-state index is 0.621. The first-order chi connectivity index (χ1) is 10.4. The van der Waals surface area contributed by atoms with Gasteiger partial charge in [0.15, 0.2) is 0 Å². The number of aryl methyl sites for hydroxylation is 1. The van der Waals surface area contributed by atoms with Crippen molar-refractivity contribution in [3.63, 3.8) is 0 Å². The Morgan fingerprint density at radius 2 is 1.52 bits per heavy atom. The molecule has 0 amide bonds. The van der Waals surface area contributed by atoms with Crippen LogP contribution < -0.4 is 4.74 Å². The molecule has 2 aromatic carbocycles. The van der Waals surface area contributed by atoms with E-state index in [-0.39, 0.29) is 0 Å². The number of ether oxygens (including phenoxy) is 1. The molecule has 0 aliphatic heterocycles. The van der Waals surface area contributed by atoms with Crippen LogP contribution in [0, 0.1) is 0 Å².